The molecule has 10 heteroatoms. The zero-order valence-electron chi connectivity index (χ0n) is 24.1. The minimum absolute atomic E-state index is 0.0422. The Morgan fingerprint density at radius 2 is 1.45 bits per heavy atom. The van der Waals surface area contributed by atoms with E-state index in [4.69, 9.17) is 18.3 Å². The molecular weight excluding hydrogens is 560 g/mol. The van der Waals surface area contributed by atoms with E-state index >= 15 is 0 Å². The van der Waals surface area contributed by atoms with Crippen LogP contribution < -0.4 is 14.9 Å². The Bertz CT molecular complexity index is 1840. The Morgan fingerprint density at radius 1 is 0.905 bits per heavy atom. The first-order chi connectivity index (χ1) is 19.8. The fraction of sp³-hybridized carbons (Fsp3) is 0.500. The average molecular weight is 595 g/mol. The molecule has 4 aromatic rings. The fourth-order valence-corrected chi connectivity index (χ4v) is 9.54. The van der Waals surface area contributed by atoms with Crippen molar-refractivity contribution >= 4 is 50.8 Å². The first-order valence-electron chi connectivity index (χ1n) is 14.6. The van der Waals surface area contributed by atoms with Crippen molar-refractivity contribution in [3.8, 4) is 11.5 Å². The largest absolute Gasteiger partial charge is 0.449 e. The summed E-state index contributed by atoms with van der Waals surface area (Å²) in [6.07, 6.45) is 6.04. The van der Waals surface area contributed by atoms with Gasteiger partial charge in [0.15, 0.2) is 11.2 Å². The number of hydrogen-bond donors (Lipinski definition) is 1. The van der Waals surface area contributed by atoms with Gasteiger partial charge in [-0.05, 0) is 91.4 Å². The summed E-state index contributed by atoms with van der Waals surface area (Å²) in [5.74, 6) is 0.185. The average Bonchev–Trinajstić information content (AvgIpc) is 3.50. The van der Waals surface area contributed by atoms with Crippen molar-refractivity contribution < 1.29 is 40.9 Å². The predicted octanol–water partition coefficient (Wildman–Crippen LogP) is 6.58. The number of esters is 2. The van der Waals surface area contributed by atoms with Crippen LogP contribution in [0.1, 0.15) is 99.5 Å². The number of carbonyl (C=O) groups excluding carboxylic acids is 2. The molecule has 222 valence electrons. The molecule has 9 nitrogen and oxygen atoms in total. The molecule has 8 rings (SSSR count). The molecule has 42 heavy (non-hydrogen) atoms. The molecule has 1 N–H and O–H groups in total. The van der Waals surface area contributed by atoms with E-state index in [0.717, 1.165) is 19.3 Å². The van der Waals surface area contributed by atoms with Crippen LogP contribution in [0.5, 0.6) is 11.5 Å². The van der Waals surface area contributed by atoms with Crippen LogP contribution >= 0.6 is 0 Å². The Kier molecular flexibility index (Phi) is 5.93. The number of benzene rings is 2. The van der Waals surface area contributed by atoms with Gasteiger partial charge in [0.2, 0.25) is 11.3 Å². The number of carbonyl (C=O) groups is 2. The van der Waals surface area contributed by atoms with Gasteiger partial charge in [0, 0.05) is 0 Å². The maximum absolute atomic E-state index is 13.8. The van der Waals surface area contributed by atoms with E-state index < -0.39 is 21.5 Å². The summed E-state index contributed by atoms with van der Waals surface area (Å²) in [6.45, 7) is 11.1. The standard InChI is InChI=1S/C32H34O9S/c1-14(2)21-9-20(10-22(15(3)4)29(21)42(35,36)37)39-30(33)24-23-16(5)38-27-25(23)40-26(24)28(27)41-31(34)32-11-17-6-18(12-32)8-19(7-17)13-32/h9-10,14-15,17-19H,5-8,11-13H2,1-4H3,(H,35,36,37). The molecule has 0 unspecified atom stereocenters. The van der Waals surface area contributed by atoms with E-state index in [1.165, 1.54) is 31.4 Å². The molecule has 3 aromatic heterocycles. The number of furan rings is 3. The van der Waals surface area contributed by atoms with E-state index in [1.54, 1.807) is 27.7 Å². The second-order valence-corrected chi connectivity index (χ2v) is 14.7. The van der Waals surface area contributed by atoms with Crippen molar-refractivity contribution in [1.29, 1.82) is 0 Å². The summed E-state index contributed by atoms with van der Waals surface area (Å²) in [6, 6.07) is 2.90. The second-order valence-electron chi connectivity index (χ2n) is 13.4. The van der Waals surface area contributed by atoms with Crippen LogP contribution in [-0.4, -0.2) is 24.9 Å². The molecule has 0 atom stereocenters. The van der Waals surface area contributed by atoms with E-state index in [0.29, 0.717) is 34.3 Å². The van der Waals surface area contributed by atoms with Gasteiger partial charge in [-0.2, -0.15) is 8.42 Å². The van der Waals surface area contributed by atoms with Gasteiger partial charge < -0.3 is 18.3 Å². The maximum Gasteiger partial charge on any atom is 0.348 e. The molecule has 1 aromatic carbocycles. The lowest BCUT2D eigenvalue weighted by atomic mass is 9.49. The Balaban J connectivity index is 1.25. The highest BCUT2D eigenvalue weighted by atomic mass is 32.2. The number of fused-ring (bicyclic) bond motifs is 1. The minimum Gasteiger partial charge on any atom is -0.449 e. The molecule has 3 heterocycles. The Hall–Kier alpha value is -3.37. The van der Waals surface area contributed by atoms with E-state index in [2.05, 4.69) is 6.58 Å². The minimum atomic E-state index is -4.53. The molecule has 4 aliphatic rings. The molecule has 0 spiro atoms. The SMILES string of the molecule is C=c1oc2c(OC(=O)C34CC5CC(CC(C5)C3)C4)c3oc2c1c3C(=O)Oc1cc(C(C)C)c(S(=O)(=O)O)c(C(C)C)c1. The topological polar surface area (TPSA) is 133 Å². The van der Waals surface area contributed by atoms with Crippen LogP contribution in [0.2, 0.25) is 0 Å². The molecule has 4 aliphatic carbocycles. The van der Waals surface area contributed by atoms with E-state index in [-0.39, 0.29) is 61.9 Å². The number of ether oxygens (including phenoxy) is 2. The van der Waals surface area contributed by atoms with Crippen LogP contribution in [0.4, 0.5) is 0 Å². The summed E-state index contributed by atoms with van der Waals surface area (Å²) in [5.41, 5.74) is 0.972. The third kappa shape index (κ3) is 4.01. The molecule has 6 bridgehead atoms. The lowest BCUT2D eigenvalue weighted by Crippen LogP contribution is -2.51. The molecule has 0 radical (unpaired) electrons. The number of rotatable bonds is 7. The van der Waals surface area contributed by atoms with Gasteiger partial charge in [-0.15, -0.1) is 0 Å². The van der Waals surface area contributed by atoms with Gasteiger partial charge in [0.05, 0.1) is 10.8 Å². The van der Waals surface area contributed by atoms with Gasteiger partial charge >= 0.3 is 11.9 Å². The number of hydrogen-bond acceptors (Lipinski definition) is 8. The maximum atomic E-state index is 13.8. The third-order valence-corrected chi connectivity index (χ3v) is 10.7. The van der Waals surface area contributed by atoms with Crippen LogP contribution in [0.25, 0.3) is 28.7 Å². The summed E-state index contributed by atoms with van der Waals surface area (Å²) >= 11 is 0. The Labute approximate surface area is 243 Å². The van der Waals surface area contributed by atoms with Crippen LogP contribution in [0.3, 0.4) is 0 Å². The molecule has 0 saturated heterocycles. The van der Waals surface area contributed by atoms with Crippen molar-refractivity contribution in [2.45, 2.75) is 83.0 Å². The van der Waals surface area contributed by atoms with Crippen molar-refractivity contribution in [3.05, 3.63) is 34.2 Å². The van der Waals surface area contributed by atoms with Crippen molar-refractivity contribution in [2.75, 3.05) is 0 Å². The Morgan fingerprint density at radius 3 is 1.95 bits per heavy atom. The van der Waals surface area contributed by atoms with Gasteiger partial charge in [0.1, 0.15) is 21.6 Å². The predicted molar refractivity (Wildman–Crippen MR) is 154 cm³/mol. The molecule has 4 saturated carbocycles. The molecule has 0 aliphatic heterocycles. The lowest BCUT2D eigenvalue weighted by molar-refractivity contribution is -0.161. The quantitative estimate of drug-likeness (QED) is 0.143. The van der Waals surface area contributed by atoms with E-state index in [1.807, 2.05) is 0 Å². The summed E-state index contributed by atoms with van der Waals surface area (Å²) in [4.78, 5) is 27.3. The van der Waals surface area contributed by atoms with Gasteiger partial charge in [0.25, 0.3) is 10.1 Å². The third-order valence-electron chi connectivity index (χ3n) is 9.73. The highest BCUT2D eigenvalue weighted by Gasteiger charge is 2.56. The lowest BCUT2D eigenvalue weighted by Gasteiger charge is -2.55. The molecular formula is C32H34O9S. The molecule has 4 fully saturated rings. The van der Waals surface area contributed by atoms with Crippen molar-refractivity contribution in [2.24, 2.45) is 23.2 Å². The van der Waals surface area contributed by atoms with Crippen LogP contribution in [0, 0.1) is 23.2 Å². The monoisotopic (exact) mass is 594 g/mol. The van der Waals surface area contributed by atoms with Gasteiger partial charge in [-0.25, -0.2) is 4.79 Å². The van der Waals surface area contributed by atoms with Crippen LogP contribution in [0.15, 0.2) is 25.9 Å². The first-order valence-corrected chi connectivity index (χ1v) is 16.1. The summed E-state index contributed by atoms with van der Waals surface area (Å²) < 4.78 is 58.2. The van der Waals surface area contributed by atoms with Gasteiger partial charge in [-0.3, -0.25) is 9.35 Å². The normalized spacial score (nSPS) is 25.5. The first kappa shape index (κ1) is 27.5. The summed E-state index contributed by atoms with van der Waals surface area (Å²) in [7, 11) is -4.53. The highest BCUT2D eigenvalue weighted by molar-refractivity contribution is 7.86. The van der Waals surface area contributed by atoms with E-state index in [9.17, 15) is 22.6 Å². The second kappa shape index (κ2) is 9.07. The fourth-order valence-electron chi connectivity index (χ4n) is 8.36. The van der Waals surface area contributed by atoms with Crippen LogP contribution in [-0.2, 0) is 14.9 Å². The van der Waals surface area contributed by atoms with Crippen molar-refractivity contribution in [3.63, 3.8) is 0 Å². The zero-order valence-corrected chi connectivity index (χ0v) is 24.9. The zero-order chi connectivity index (χ0) is 29.9. The smallest absolute Gasteiger partial charge is 0.348 e. The van der Waals surface area contributed by atoms with Crippen molar-refractivity contribution in [1.82, 2.24) is 0 Å². The molecule has 0 amide bonds. The van der Waals surface area contributed by atoms with Gasteiger partial charge in [-0.1, -0.05) is 34.3 Å². The highest BCUT2D eigenvalue weighted by Crippen LogP contribution is 2.60. The summed E-state index contributed by atoms with van der Waals surface area (Å²) in [5, 5.41) is 0.349.